The van der Waals surface area contributed by atoms with Gasteiger partial charge < -0.3 is 9.88 Å². The fraction of sp³-hybridized carbons (Fsp3) is 0.529. The molecule has 1 fully saturated rings. The number of aryl methyl sites for hydroxylation is 1. The third kappa shape index (κ3) is 3.19. The van der Waals surface area contributed by atoms with Crippen LogP contribution in [-0.2, 0) is 6.54 Å². The molecule has 0 amide bonds. The van der Waals surface area contributed by atoms with Crippen molar-refractivity contribution in [3.63, 3.8) is 0 Å². The lowest BCUT2D eigenvalue weighted by molar-refractivity contribution is 0.341. The van der Waals surface area contributed by atoms with Gasteiger partial charge in [0.05, 0.1) is 0 Å². The number of fused-ring (bicyclic) bond motifs is 1. The zero-order valence-electron chi connectivity index (χ0n) is 11.6. The molecule has 0 saturated carbocycles. The Labute approximate surface area is 115 Å². The lowest BCUT2D eigenvalue weighted by atomic mass is 9.92. The number of benzene rings is 1. The first-order valence-corrected chi connectivity index (χ1v) is 7.68. The Kier molecular flexibility index (Phi) is 4.19. The second-order valence-corrected chi connectivity index (χ2v) is 5.76. The molecular weight excluding hydrogens is 232 g/mol. The van der Waals surface area contributed by atoms with Crippen molar-refractivity contribution in [1.29, 1.82) is 0 Å². The Morgan fingerprint density at radius 3 is 2.79 bits per heavy atom. The molecule has 2 heterocycles. The van der Waals surface area contributed by atoms with E-state index in [1.54, 1.807) is 0 Å². The predicted molar refractivity (Wildman–Crippen MR) is 81.4 cm³/mol. The van der Waals surface area contributed by atoms with Gasteiger partial charge in [-0.3, -0.25) is 0 Å². The van der Waals surface area contributed by atoms with Gasteiger partial charge in [0.2, 0.25) is 0 Å². The standard InChI is InChI=1S/C17H24N2/c1-2-7-17-16(6-1)10-14-19(17)13-4-3-5-15-8-11-18-12-9-15/h1-2,6-7,10,14-15,18H,3-5,8-9,11-13H2. The zero-order valence-corrected chi connectivity index (χ0v) is 11.6. The first-order chi connectivity index (χ1) is 9.43. The van der Waals surface area contributed by atoms with Crippen molar-refractivity contribution in [3.05, 3.63) is 36.5 Å². The third-order valence-corrected chi connectivity index (χ3v) is 4.40. The van der Waals surface area contributed by atoms with Crippen LogP contribution < -0.4 is 5.32 Å². The molecule has 0 bridgehead atoms. The van der Waals surface area contributed by atoms with Crippen molar-refractivity contribution in [1.82, 2.24) is 9.88 Å². The molecule has 2 aromatic rings. The first kappa shape index (κ1) is 12.7. The highest BCUT2D eigenvalue weighted by atomic mass is 14.9. The first-order valence-electron chi connectivity index (χ1n) is 7.68. The summed E-state index contributed by atoms with van der Waals surface area (Å²) in [5, 5.41) is 4.81. The highest BCUT2D eigenvalue weighted by molar-refractivity contribution is 5.79. The Morgan fingerprint density at radius 2 is 1.89 bits per heavy atom. The zero-order chi connectivity index (χ0) is 12.9. The number of hydrogen-bond donors (Lipinski definition) is 1. The van der Waals surface area contributed by atoms with E-state index >= 15 is 0 Å². The van der Waals surface area contributed by atoms with Crippen molar-refractivity contribution in [2.75, 3.05) is 13.1 Å². The Bertz CT molecular complexity index is 509. The molecule has 19 heavy (non-hydrogen) atoms. The normalized spacial score (nSPS) is 17.1. The van der Waals surface area contributed by atoms with Crippen LogP contribution in [0.15, 0.2) is 36.5 Å². The number of para-hydroxylation sites is 1. The number of unbranched alkanes of at least 4 members (excludes halogenated alkanes) is 1. The third-order valence-electron chi connectivity index (χ3n) is 4.40. The van der Waals surface area contributed by atoms with E-state index in [9.17, 15) is 0 Å². The maximum Gasteiger partial charge on any atom is 0.0480 e. The molecule has 102 valence electrons. The molecule has 0 aliphatic carbocycles. The molecule has 3 rings (SSSR count). The smallest absolute Gasteiger partial charge is 0.0480 e. The van der Waals surface area contributed by atoms with Crippen LogP contribution in [0, 0.1) is 5.92 Å². The van der Waals surface area contributed by atoms with Crippen LogP contribution in [0.2, 0.25) is 0 Å². The Morgan fingerprint density at radius 1 is 1.05 bits per heavy atom. The van der Waals surface area contributed by atoms with Crippen LogP contribution in [0.5, 0.6) is 0 Å². The fourth-order valence-corrected chi connectivity index (χ4v) is 3.22. The topological polar surface area (TPSA) is 17.0 Å². The van der Waals surface area contributed by atoms with Gasteiger partial charge in [-0.2, -0.15) is 0 Å². The van der Waals surface area contributed by atoms with E-state index in [1.807, 2.05) is 0 Å². The van der Waals surface area contributed by atoms with E-state index < -0.39 is 0 Å². The minimum Gasteiger partial charge on any atom is -0.347 e. The summed E-state index contributed by atoms with van der Waals surface area (Å²) < 4.78 is 2.40. The van der Waals surface area contributed by atoms with Crippen LogP contribution in [0.4, 0.5) is 0 Å². The minimum atomic E-state index is 0.975. The molecule has 1 N–H and O–H groups in total. The van der Waals surface area contributed by atoms with Gasteiger partial charge in [0.15, 0.2) is 0 Å². The number of aromatic nitrogens is 1. The van der Waals surface area contributed by atoms with E-state index in [1.165, 1.54) is 62.6 Å². The van der Waals surface area contributed by atoms with E-state index in [4.69, 9.17) is 0 Å². The molecule has 0 radical (unpaired) electrons. The van der Waals surface area contributed by atoms with Crippen molar-refractivity contribution < 1.29 is 0 Å². The molecule has 1 saturated heterocycles. The van der Waals surface area contributed by atoms with Gasteiger partial charge in [0.25, 0.3) is 0 Å². The number of hydrogen-bond acceptors (Lipinski definition) is 1. The summed E-state index contributed by atoms with van der Waals surface area (Å²) >= 11 is 0. The van der Waals surface area contributed by atoms with E-state index in [0.29, 0.717) is 0 Å². The Hall–Kier alpha value is -1.28. The molecule has 0 spiro atoms. The second kappa shape index (κ2) is 6.25. The van der Waals surface area contributed by atoms with Crippen molar-refractivity contribution >= 4 is 10.9 Å². The van der Waals surface area contributed by atoms with Crippen LogP contribution in [0.1, 0.15) is 32.1 Å². The molecule has 1 aliphatic heterocycles. The van der Waals surface area contributed by atoms with Gasteiger partial charge in [-0.1, -0.05) is 31.0 Å². The van der Waals surface area contributed by atoms with E-state index in [-0.39, 0.29) is 0 Å². The van der Waals surface area contributed by atoms with Gasteiger partial charge in [0, 0.05) is 18.3 Å². The maximum atomic E-state index is 3.44. The second-order valence-electron chi connectivity index (χ2n) is 5.76. The molecule has 2 nitrogen and oxygen atoms in total. The van der Waals surface area contributed by atoms with Crippen LogP contribution in [0.3, 0.4) is 0 Å². The number of rotatable bonds is 5. The van der Waals surface area contributed by atoms with Gasteiger partial charge in [-0.25, -0.2) is 0 Å². The number of nitrogens with one attached hydrogen (secondary N) is 1. The largest absolute Gasteiger partial charge is 0.347 e. The highest BCUT2D eigenvalue weighted by Gasteiger charge is 2.12. The van der Waals surface area contributed by atoms with Crippen LogP contribution in [-0.4, -0.2) is 17.7 Å². The maximum absolute atomic E-state index is 3.44. The van der Waals surface area contributed by atoms with Gasteiger partial charge in [0.1, 0.15) is 0 Å². The van der Waals surface area contributed by atoms with Crippen molar-refractivity contribution in [2.24, 2.45) is 5.92 Å². The van der Waals surface area contributed by atoms with Crippen LogP contribution >= 0.6 is 0 Å². The molecule has 1 aromatic carbocycles. The van der Waals surface area contributed by atoms with E-state index in [0.717, 1.165) is 5.92 Å². The summed E-state index contributed by atoms with van der Waals surface area (Å²) in [5.41, 5.74) is 1.38. The highest BCUT2D eigenvalue weighted by Crippen LogP contribution is 2.20. The van der Waals surface area contributed by atoms with E-state index in [2.05, 4.69) is 46.4 Å². The Balaban J connectivity index is 1.47. The molecule has 1 aromatic heterocycles. The SMILES string of the molecule is c1ccc2c(c1)ccn2CCCCC1CCNCC1. The fourth-order valence-electron chi connectivity index (χ4n) is 3.22. The average Bonchev–Trinajstić information content (AvgIpc) is 2.88. The lowest BCUT2D eigenvalue weighted by Gasteiger charge is -2.22. The summed E-state index contributed by atoms with van der Waals surface area (Å²) in [7, 11) is 0. The lowest BCUT2D eigenvalue weighted by Crippen LogP contribution is -2.27. The van der Waals surface area contributed by atoms with Crippen molar-refractivity contribution in [3.8, 4) is 0 Å². The summed E-state index contributed by atoms with van der Waals surface area (Å²) in [5.74, 6) is 0.975. The molecule has 0 atom stereocenters. The van der Waals surface area contributed by atoms with Gasteiger partial charge in [-0.15, -0.1) is 0 Å². The monoisotopic (exact) mass is 256 g/mol. The van der Waals surface area contributed by atoms with Crippen LogP contribution in [0.25, 0.3) is 10.9 Å². The number of nitrogens with zero attached hydrogens (tertiary/aromatic N) is 1. The summed E-state index contributed by atoms with van der Waals surface area (Å²) in [6.45, 7) is 3.62. The summed E-state index contributed by atoms with van der Waals surface area (Å²) in [6, 6.07) is 10.9. The average molecular weight is 256 g/mol. The van der Waals surface area contributed by atoms with Gasteiger partial charge in [-0.05, 0) is 55.8 Å². The van der Waals surface area contributed by atoms with Crippen molar-refractivity contribution in [2.45, 2.75) is 38.6 Å². The minimum absolute atomic E-state index is 0.975. The molecular formula is C17H24N2. The quantitative estimate of drug-likeness (QED) is 0.805. The number of piperidine rings is 1. The molecule has 2 heteroatoms. The molecule has 1 aliphatic rings. The summed E-state index contributed by atoms with van der Waals surface area (Å²) in [6.07, 6.45) is 9.09. The molecule has 0 unspecified atom stereocenters. The summed E-state index contributed by atoms with van der Waals surface area (Å²) in [4.78, 5) is 0. The predicted octanol–water partition coefficient (Wildman–Crippen LogP) is 3.81. The van der Waals surface area contributed by atoms with Gasteiger partial charge >= 0.3 is 0 Å².